The van der Waals surface area contributed by atoms with Crippen LogP contribution in [0.3, 0.4) is 0 Å². The smallest absolute Gasteiger partial charge is 0.237 e. The van der Waals surface area contributed by atoms with E-state index in [0.29, 0.717) is 5.92 Å². The Bertz CT molecular complexity index is 975. The zero-order valence-corrected chi connectivity index (χ0v) is 17.2. The van der Waals surface area contributed by atoms with Gasteiger partial charge in [0.15, 0.2) is 5.16 Å². The summed E-state index contributed by atoms with van der Waals surface area (Å²) < 4.78 is 2.10. The number of benzene rings is 2. The first-order chi connectivity index (χ1) is 13.5. The third kappa shape index (κ3) is 3.83. The largest absolute Gasteiger partial charge is 0.325 e. The van der Waals surface area contributed by atoms with E-state index in [0.717, 1.165) is 46.3 Å². The van der Waals surface area contributed by atoms with Crippen LogP contribution >= 0.6 is 11.8 Å². The van der Waals surface area contributed by atoms with Gasteiger partial charge in [-0.3, -0.25) is 9.36 Å². The lowest BCUT2D eigenvalue weighted by atomic mass is 10.1. The number of aryl methyl sites for hydroxylation is 2. The van der Waals surface area contributed by atoms with Crippen LogP contribution in [0.25, 0.3) is 5.69 Å². The van der Waals surface area contributed by atoms with Gasteiger partial charge in [-0.1, -0.05) is 48.2 Å². The van der Waals surface area contributed by atoms with Crippen LogP contribution < -0.4 is 5.32 Å². The van der Waals surface area contributed by atoms with Crippen LogP contribution in [0, 0.1) is 13.8 Å². The Labute approximate surface area is 169 Å². The van der Waals surface area contributed by atoms with E-state index in [1.54, 1.807) is 0 Å². The summed E-state index contributed by atoms with van der Waals surface area (Å²) in [6, 6.07) is 16.2. The molecule has 5 nitrogen and oxygen atoms in total. The Kier molecular flexibility index (Phi) is 5.22. The van der Waals surface area contributed by atoms with Crippen molar-refractivity contribution >= 4 is 23.4 Å². The first kappa shape index (κ1) is 18.7. The van der Waals surface area contributed by atoms with Gasteiger partial charge in [-0.2, -0.15) is 0 Å². The molecule has 1 aliphatic rings. The molecule has 0 radical (unpaired) electrons. The van der Waals surface area contributed by atoms with Crippen molar-refractivity contribution in [2.24, 2.45) is 0 Å². The third-order valence-corrected chi connectivity index (χ3v) is 6.04. The van der Waals surface area contributed by atoms with E-state index >= 15 is 0 Å². The lowest BCUT2D eigenvalue weighted by Gasteiger charge is -2.16. The summed E-state index contributed by atoms with van der Waals surface area (Å²) in [5.74, 6) is 1.44. The average molecular weight is 393 g/mol. The maximum atomic E-state index is 12.8. The van der Waals surface area contributed by atoms with Crippen molar-refractivity contribution in [1.82, 2.24) is 14.8 Å². The van der Waals surface area contributed by atoms with Crippen molar-refractivity contribution in [3.63, 3.8) is 0 Å². The summed E-state index contributed by atoms with van der Waals surface area (Å²) in [5, 5.41) is 12.4. The van der Waals surface area contributed by atoms with Gasteiger partial charge in [-0.15, -0.1) is 10.2 Å². The van der Waals surface area contributed by atoms with E-state index in [1.165, 1.54) is 11.8 Å². The number of aromatic nitrogens is 3. The van der Waals surface area contributed by atoms with Gasteiger partial charge in [0, 0.05) is 17.3 Å². The summed E-state index contributed by atoms with van der Waals surface area (Å²) >= 11 is 1.45. The Morgan fingerprint density at radius 1 is 1.07 bits per heavy atom. The standard InChI is InChI=1S/C22H24N4OS/c1-14-8-7-9-15(2)19(14)23-21(27)16(3)28-22-25-24-20(17-12-13-17)26(22)18-10-5-4-6-11-18/h4-11,16-17H,12-13H2,1-3H3,(H,23,27)/t16-/m0/s1. The summed E-state index contributed by atoms with van der Waals surface area (Å²) in [4.78, 5) is 12.8. The third-order valence-electron chi connectivity index (χ3n) is 5.00. The van der Waals surface area contributed by atoms with Crippen molar-refractivity contribution in [3.05, 3.63) is 65.5 Å². The molecule has 3 aromatic rings. The van der Waals surface area contributed by atoms with Gasteiger partial charge >= 0.3 is 0 Å². The number of para-hydroxylation sites is 2. The molecule has 1 aliphatic carbocycles. The highest BCUT2D eigenvalue weighted by Crippen LogP contribution is 2.41. The van der Waals surface area contributed by atoms with Gasteiger partial charge in [0.1, 0.15) is 5.82 Å². The molecule has 1 fully saturated rings. The van der Waals surface area contributed by atoms with Gasteiger partial charge in [0.2, 0.25) is 5.91 Å². The first-order valence-electron chi connectivity index (χ1n) is 9.59. The number of amides is 1. The molecule has 0 spiro atoms. The second kappa shape index (κ2) is 7.80. The van der Waals surface area contributed by atoms with Gasteiger partial charge < -0.3 is 5.32 Å². The van der Waals surface area contributed by atoms with E-state index in [9.17, 15) is 4.79 Å². The topological polar surface area (TPSA) is 59.8 Å². The van der Waals surface area contributed by atoms with E-state index < -0.39 is 0 Å². The van der Waals surface area contributed by atoms with E-state index in [2.05, 4.69) is 32.2 Å². The fourth-order valence-corrected chi connectivity index (χ4v) is 4.11. The molecular weight excluding hydrogens is 368 g/mol. The van der Waals surface area contributed by atoms with Crippen LogP contribution in [0.4, 0.5) is 5.69 Å². The van der Waals surface area contributed by atoms with Crippen molar-refractivity contribution in [2.75, 3.05) is 5.32 Å². The van der Waals surface area contributed by atoms with Crippen molar-refractivity contribution in [1.29, 1.82) is 0 Å². The number of nitrogens with zero attached hydrogens (tertiary/aromatic N) is 3. The first-order valence-corrected chi connectivity index (χ1v) is 10.5. The molecule has 0 aliphatic heterocycles. The van der Waals surface area contributed by atoms with E-state index in [1.807, 2.05) is 57.2 Å². The fourth-order valence-electron chi connectivity index (χ4n) is 3.23. The Morgan fingerprint density at radius 2 is 1.75 bits per heavy atom. The molecule has 1 amide bonds. The van der Waals surface area contributed by atoms with Gasteiger partial charge in [0.25, 0.3) is 0 Å². The fraction of sp³-hybridized carbons (Fsp3) is 0.318. The minimum Gasteiger partial charge on any atom is -0.325 e. The lowest BCUT2D eigenvalue weighted by Crippen LogP contribution is -2.23. The minimum absolute atomic E-state index is 0.0296. The molecule has 28 heavy (non-hydrogen) atoms. The Morgan fingerprint density at radius 3 is 2.39 bits per heavy atom. The minimum atomic E-state index is -0.294. The van der Waals surface area contributed by atoms with Crippen molar-refractivity contribution in [3.8, 4) is 5.69 Å². The zero-order valence-electron chi connectivity index (χ0n) is 16.3. The predicted octanol–water partition coefficient (Wildman–Crippen LogP) is 4.88. The quantitative estimate of drug-likeness (QED) is 0.607. The monoisotopic (exact) mass is 392 g/mol. The molecule has 6 heteroatoms. The molecule has 1 heterocycles. The van der Waals surface area contributed by atoms with Gasteiger partial charge in [-0.05, 0) is 56.9 Å². The van der Waals surface area contributed by atoms with Crippen LogP contribution in [0.5, 0.6) is 0 Å². The number of rotatable bonds is 6. The predicted molar refractivity (Wildman–Crippen MR) is 113 cm³/mol. The molecule has 1 saturated carbocycles. The maximum absolute atomic E-state index is 12.8. The summed E-state index contributed by atoms with van der Waals surface area (Å²) in [5.41, 5.74) is 4.06. The van der Waals surface area contributed by atoms with E-state index in [4.69, 9.17) is 0 Å². The molecule has 0 saturated heterocycles. The molecule has 0 unspecified atom stereocenters. The van der Waals surface area contributed by atoms with Crippen molar-refractivity contribution < 1.29 is 4.79 Å². The SMILES string of the molecule is Cc1cccc(C)c1NC(=O)[C@H](C)Sc1nnc(C2CC2)n1-c1ccccc1. The van der Waals surface area contributed by atoms with Crippen LogP contribution in [0.2, 0.25) is 0 Å². The van der Waals surface area contributed by atoms with Gasteiger partial charge in [0.05, 0.1) is 5.25 Å². The van der Waals surface area contributed by atoms with E-state index in [-0.39, 0.29) is 11.2 Å². The van der Waals surface area contributed by atoms with Crippen LogP contribution in [0.15, 0.2) is 53.7 Å². The second-order valence-corrected chi connectivity index (χ2v) is 8.61. The average Bonchev–Trinajstić information content (AvgIpc) is 3.46. The molecule has 4 rings (SSSR count). The molecular formula is C22H24N4OS. The molecule has 1 aromatic heterocycles. The Balaban J connectivity index is 1.56. The molecule has 144 valence electrons. The molecule has 0 bridgehead atoms. The second-order valence-electron chi connectivity index (χ2n) is 7.30. The highest BCUT2D eigenvalue weighted by molar-refractivity contribution is 8.00. The number of carbonyl (C=O) groups is 1. The lowest BCUT2D eigenvalue weighted by molar-refractivity contribution is -0.115. The normalized spacial score (nSPS) is 14.7. The van der Waals surface area contributed by atoms with Crippen LogP contribution in [0.1, 0.15) is 42.6 Å². The molecule has 1 atom stereocenters. The maximum Gasteiger partial charge on any atom is 0.237 e. The summed E-state index contributed by atoms with van der Waals surface area (Å²) in [6.45, 7) is 5.93. The number of nitrogens with one attached hydrogen (secondary N) is 1. The number of carbonyl (C=O) groups excluding carboxylic acids is 1. The van der Waals surface area contributed by atoms with Crippen LogP contribution in [-0.2, 0) is 4.79 Å². The van der Waals surface area contributed by atoms with Crippen LogP contribution in [-0.4, -0.2) is 25.9 Å². The molecule has 1 N–H and O–H groups in total. The highest BCUT2D eigenvalue weighted by Gasteiger charge is 2.32. The zero-order chi connectivity index (χ0) is 19.7. The summed E-state index contributed by atoms with van der Waals surface area (Å²) in [6.07, 6.45) is 2.30. The number of hydrogen-bond acceptors (Lipinski definition) is 4. The summed E-state index contributed by atoms with van der Waals surface area (Å²) in [7, 11) is 0. The van der Waals surface area contributed by atoms with Crippen molar-refractivity contribution in [2.45, 2.75) is 49.9 Å². The number of thioether (sulfide) groups is 1. The molecule has 2 aromatic carbocycles. The number of anilines is 1. The highest BCUT2D eigenvalue weighted by atomic mass is 32.2. The Hall–Kier alpha value is -2.60. The number of hydrogen-bond donors (Lipinski definition) is 1. The van der Waals surface area contributed by atoms with Gasteiger partial charge in [-0.25, -0.2) is 0 Å².